The van der Waals surface area contributed by atoms with Crippen LogP contribution in [-0.4, -0.2) is 43.7 Å². The van der Waals surface area contributed by atoms with E-state index in [2.05, 4.69) is 10.6 Å². The standard InChI is InChI=1S/C21H22N4O3S/c1-29-18-7-5-16(6-8-18)25-13-14(11-19(25)26)20(27)23-15-3-2-4-17(12-15)24-10-9-22-21(24)28/h2-8,12,14H,9-11,13H2,1H3,(H,22,28)(H,23,27). The van der Waals surface area contributed by atoms with E-state index in [0.29, 0.717) is 25.3 Å². The van der Waals surface area contributed by atoms with Crippen molar-refractivity contribution in [3.05, 3.63) is 48.5 Å². The molecule has 1 atom stereocenters. The van der Waals surface area contributed by atoms with E-state index < -0.39 is 5.92 Å². The number of urea groups is 1. The van der Waals surface area contributed by atoms with Gasteiger partial charge in [-0.15, -0.1) is 11.8 Å². The van der Waals surface area contributed by atoms with Crippen molar-refractivity contribution in [1.29, 1.82) is 0 Å². The van der Waals surface area contributed by atoms with E-state index >= 15 is 0 Å². The van der Waals surface area contributed by atoms with Crippen molar-refractivity contribution in [3.63, 3.8) is 0 Å². The Morgan fingerprint density at radius 2 is 1.90 bits per heavy atom. The Morgan fingerprint density at radius 3 is 2.59 bits per heavy atom. The second-order valence-corrected chi connectivity index (χ2v) is 7.91. The van der Waals surface area contributed by atoms with Gasteiger partial charge in [0.25, 0.3) is 0 Å². The molecule has 29 heavy (non-hydrogen) atoms. The number of rotatable bonds is 5. The maximum atomic E-state index is 12.7. The summed E-state index contributed by atoms with van der Waals surface area (Å²) in [5, 5.41) is 5.65. The van der Waals surface area contributed by atoms with Gasteiger partial charge in [-0.3, -0.25) is 14.5 Å². The molecule has 2 fully saturated rings. The van der Waals surface area contributed by atoms with Crippen molar-refractivity contribution in [2.24, 2.45) is 5.92 Å². The second kappa shape index (κ2) is 8.16. The van der Waals surface area contributed by atoms with Crippen LogP contribution in [0.2, 0.25) is 0 Å². The third-order valence-electron chi connectivity index (χ3n) is 5.16. The lowest BCUT2D eigenvalue weighted by atomic mass is 10.1. The predicted molar refractivity (Wildman–Crippen MR) is 114 cm³/mol. The first-order valence-electron chi connectivity index (χ1n) is 9.46. The highest BCUT2D eigenvalue weighted by atomic mass is 32.2. The topological polar surface area (TPSA) is 81.8 Å². The molecule has 1 unspecified atom stereocenters. The molecular weight excluding hydrogens is 388 g/mol. The van der Waals surface area contributed by atoms with Crippen molar-refractivity contribution < 1.29 is 14.4 Å². The first kappa shape index (κ1) is 19.3. The number of amides is 4. The molecule has 0 aromatic heterocycles. The Morgan fingerprint density at radius 1 is 1.10 bits per heavy atom. The molecule has 2 aliphatic heterocycles. The summed E-state index contributed by atoms with van der Waals surface area (Å²) in [6, 6.07) is 14.8. The average Bonchev–Trinajstić information content (AvgIpc) is 3.34. The summed E-state index contributed by atoms with van der Waals surface area (Å²) < 4.78 is 0. The number of hydrogen-bond acceptors (Lipinski definition) is 4. The van der Waals surface area contributed by atoms with Crippen molar-refractivity contribution in [1.82, 2.24) is 5.32 Å². The summed E-state index contributed by atoms with van der Waals surface area (Å²) in [6.07, 6.45) is 2.19. The van der Waals surface area contributed by atoms with Crippen LogP contribution in [0.15, 0.2) is 53.4 Å². The van der Waals surface area contributed by atoms with E-state index in [1.165, 1.54) is 0 Å². The Balaban J connectivity index is 1.42. The summed E-state index contributed by atoms with van der Waals surface area (Å²) in [6.45, 7) is 1.56. The molecule has 2 aliphatic rings. The zero-order chi connectivity index (χ0) is 20.4. The van der Waals surface area contributed by atoms with Gasteiger partial charge in [0.1, 0.15) is 0 Å². The summed E-state index contributed by atoms with van der Waals surface area (Å²) in [7, 11) is 0. The maximum Gasteiger partial charge on any atom is 0.321 e. The molecule has 0 radical (unpaired) electrons. The van der Waals surface area contributed by atoms with Crippen LogP contribution in [0.25, 0.3) is 0 Å². The zero-order valence-electron chi connectivity index (χ0n) is 16.1. The molecule has 4 amide bonds. The first-order valence-corrected chi connectivity index (χ1v) is 10.7. The van der Waals surface area contributed by atoms with Crippen molar-refractivity contribution in [2.75, 3.05) is 41.0 Å². The van der Waals surface area contributed by atoms with Gasteiger partial charge >= 0.3 is 6.03 Å². The Bertz CT molecular complexity index is 947. The van der Waals surface area contributed by atoms with E-state index in [9.17, 15) is 14.4 Å². The van der Waals surface area contributed by atoms with Crippen LogP contribution in [0.3, 0.4) is 0 Å². The van der Waals surface area contributed by atoms with Gasteiger partial charge in [-0.1, -0.05) is 6.07 Å². The highest BCUT2D eigenvalue weighted by Gasteiger charge is 2.35. The van der Waals surface area contributed by atoms with Gasteiger partial charge in [0.2, 0.25) is 11.8 Å². The summed E-state index contributed by atoms with van der Waals surface area (Å²) >= 11 is 1.64. The van der Waals surface area contributed by atoms with E-state index in [1.807, 2.05) is 36.6 Å². The van der Waals surface area contributed by atoms with Crippen LogP contribution in [0.5, 0.6) is 0 Å². The predicted octanol–water partition coefficient (Wildman–Crippen LogP) is 2.93. The largest absolute Gasteiger partial charge is 0.336 e. The van der Waals surface area contributed by atoms with Gasteiger partial charge in [-0.2, -0.15) is 0 Å². The van der Waals surface area contributed by atoms with Gasteiger partial charge < -0.3 is 15.5 Å². The van der Waals surface area contributed by atoms with Crippen molar-refractivity contribution in [2.45, 2.75) is 11.3 Å². The van der Waals surface area contributed by atoms with Gasteiger partial charge in [0.15, 0.2) is 0 Å². The smallest absolute Gasteiger partial charge is 0.321 e. The summed E-state index contributed by atoms with van der Waals surface area (Å²) in [4.78, 5) is 41.5. The van der Waals surface area contributed by atoms with Gasteiger partial charge in [0.05, 0.1) is 5.92 Å². The molecule has 8 heteroatoms. The molecular formula is C21H22N4O3S. The van der Waals surface area contributed by atoms with Crippen LogP contribution >= 0.6 is 11.8 Å². The molecule has 2 saturated heterocycles. The highest BCUT2D eigenvalue weighted by Crippen LogP contribution is 2.28. The van der Waals surface area contributed by atoms with E-state index in [0.717, 1.165) is 16.3 Å². The number of anilines is 3. The van der Waals surface area contributed by atoms with Gasteiger partial charge in [-0.05, 0) is 48.7 Å². The van der Waals surface area contributed by atoms with E-state index in [-0.39, 0.29) is 24.3 Å². The molecule has 4 rings (SSSR count). The summed E-state index contributed by atoms with van der Waals surface area (Å²) in [5.41, 5.74) is 2.16. The molecule has 2 aromatic carbocycles. The molecule has 0 spiro atoms. The minimum absolute atomic E-state index is 0.0514. The lowest BCUT2D eigenvalue weighted by Crippen LogP contribution is -2.29. The third-order valence-corrected chi connectivity index (χ3v) is 5.91. The van der Waals surface area contributed by atoms with Crippen LogP contribution in [-0.2, 0) is 9.59 Å². The van der Waals surface area contributed by atoms with Crippen molar-refractivity contribution in [3.8, 4) is 0 Å². The quantitative estimate of drug-likeness (QED) is 0.743. The second-order valence-electron chi connectivity index (χ2n) is 7.03. The Hall–Kier alpha value is -3.00. The fraction of sp³-hybridized carbons (Fsp3) is 0.286. The van der Waals surface area contributed by atoms with E-state index in [1.54, 1.807) is 39.8 Å². The van der Waals surface area contributed by atoms with Crippen molar-refractivity contribution >= 4 is 46.7 Å². The lowest BCUT2D eigenvalue weighted by molar-refractivity contribution is -0.122. The minimum Gasteiger partial charge on any atom is -0.336 e. The highest BCUT2D eigenvalue weighted by molar-refractivity contribution is 7.98. The van der Waals surface area contributed by atoms with Crippen LogP contribution in [0.1, 0.15) is 6.42 Å². The number of thioether (sulfide) groups is 1. The molecule has 7 nitrogen and oxygen atoms in total. The normalized spacial score (nSPS) is 18.9. The van der Waals surface area contributed by atoms with Gasteiger partial charge in [0, 0.05) is 48.0 Å². The number of nitrogens with one attached hydrogen (secondary N) is 2. The fourth-order valence-electron chi connectivity index (χ4n) is 3.61. The molecule has 2 heterocycles. The SMILES string of the molecule is CSc1ccc(N2CC(C(=O)Nc3cccc(N4CCNC4=O)c3)CC2=O)cc1. The average molecular weight is 410 g/mol. The first-order chi connectivity index (χ1) is 14.0. The number of carbonyl (C=O) groups is 3. The zero-order valence-corrected chi connectivity index (χ0v) is 16.9. The molecule has 0 aliphatic carbocycles. The minimum atomic E-state index is -0.415. The van der Waals surface area contributed by atoms with Gasteiger partial charge in [-0.25, -0.2) is 4.79 Å². The number of nitrogens with zero attached hydrogens (tertiary/aromatic N) is 2. The molecule has 0 bridgehead atoms. The van der Waals surface area contributed by atoms with Crippen LogP contribution < -0.4 is 20.4 Å². The van der Waals surface area contributed by atoms with Crippen LogP contribution in [0, 0.1) is 5.92 Å². The third kappa shape index (κ3) is 4.07. The fourth-order valence-corrected chi connectivity index (χ4v) is 4.02. The Labute approximate surface area is 173 Å². The maximum absolute atomic E-state index is 12.7. The van der Waals surface area contributed by atoms with E-state index in [4.69, 9.17) is 0 Å². The molecule has 2 N–H and O–H groups in total. The van der Waals surface area contributed by atoms with Crippen LogP contribution in [0.4, 0.5) is 21.9 Å². The number of carbonyl (C=O) groups excluding carboxylic acids is 3. The monoisotopic (exact) mass is 410 g/mol. The summed E-state index contributed by atoms with van der Waals surface area (Å²) in [5.74, 6) is -0.657. The molecule has 2 aromatic rings. The number of hydrogen-bond donors (Lipinski definition) is 2. The Kier molecular flexibility index (Phi) is 5.44. The number of benzene rings is 2. The lowest BCUT2D eigenvalue weighted by Gasteiger charge is -2.18. The molecule has 150 valence electrons. The molecule has 0 saturated carbocycles.